The maximum atomic E-state index is 12.0. The van der Waals surface area contributed by atoms with E-state index >= 15 is 0 Å². The SMILES string of the molecule is CC(=O)C1(OC(=O)c2ccccc2)O[C@H](CO)[C@@H](O)[C@H]1O. The average molecular weight is 296 g/mol. The van der Waals surface area contributed by atoms with E-state index in [1.807, 2.05) is 0 Å². The summed E-state index contributed by atoms with van der Waals surface area (Å²) in [5.41, 5.74) is 0.163. The molecule has 0 aromatic heterocycles. The van der Waals surface area contributed by atoms with Gasteiger partial charge in [-0.25, -0.2) is 4.79 Å². The molecule has 3 N–H and O–H groups in total. The number of ether oxygens (including phenoxy) is 2. The Morgan fingerprint density at radius 2 is 1.90 bits per heavy atom. The molecule has 21 heavy (non-hydrogen) atoms. The summed E-state index contributed by atoms with van der Waals surface area (Å²) in [5, 5.41) is 28.8. The summed E-state index contributed by atoms with van der Waals surface area (Å²) in [6.07, 6.45) is -4.53. The largest absolute Gasteiger partial charge is 0.419 e. The van der Waals surface area contributed by atoms with E-state index in [4.69, 9.17) is 14.6 Å². The summed E-state index contributed by atoms with van der Waals surface area (Å²) in [4.78, 5) is 23.8. The van der Waals surface area contributed by atoms with E-state index in [0.29, 0.717) is 0 Å². The first-order valence-electron chi connectivity index (χ1n) is 6.36. The molecule has 1 aromatic rings. The first-order chi connectivity index (χ1) is 9.92. The van der Waals surface area contributed by atoms with Gasteiger partial charge in [-0.15, -0.1) is 0 Å². The number of ketones is 1. The predicted molar refractivity (Wildman–Crippen MR) is 69.2 cm³/mol. The lowest BCUT2D eigenvalue weighted by Gasteiger charge is -2.28. The molecule has 0 spiro atoms. The molecular formula is C14H16O7. The molecule has 7 heteroatoms. The molecule has 0 bridgehead atoms. The molecule has 1 aliphatic heterocycles. The van der Waals surface area contributed by atoms with Crippen LogP contribution in [0.3, 0.4) is 0 Å². The zero-order valence-corrected chi connectivity index (χ0v) is 11.3. The van der Waals surface area contributed by atoms with Crippen LogP contribution in [0.25, 0.3) is 0 Å². The van der Waals surface area contributed by atoms with E-state index in [1.54, 1.807) is 18.2 Å². The quantitative estimate of drug-likeness (QED) is 0.626. The zero-order chi connectivity index (χ0) is 15.6. The fraction of sp³-hybridized carbons (Fsp3) is 0.429. The Morgan fingerprint density at radius 1 is 1.29 bits per heavy atom. The van der Waals surface area contributed by atoms with Gasteiger partial charge in [-0.05, 0) is 12.1 Å². The van der Waals surface area contributed by atoms with Crippen LogP contribution < -0.4 is 0 Å². The standard InChI is InChI=1S/C14H16O7/c1-8(16)14(12(18)11(17)10(7-15)20-14)21-13(19)9-5-3-2-4-6-9/h2-6,10-12,15,17-18H,7H2,1H3/t10-,11-,12-,14?/m1/s1. The molecule has 1 saturated heterocycles. The van der Waals surface area contributed by atoms with Crippen molar-refractivity contribution in [1.82, 2.24) is 0 Å². The number of hydrogen-bond acceptors (Lipinski definition) is 7. The number of hydrogen-bond donors (Lipinski definition) is 3. The lowest BCUT2D eigenvalue weighted by Crippen LogP contribution is -2.52. The Bertz CT molecular complexity index is 529. The van der Waals surface area contributed by atoms with Crippen molar-refractivity contribution in [3.8, 4) is 0 Å². The molecule has 7 nitrogen and oxygen atoms in total. The minimum absolute atomic E-state index is 0.163. The van der Waals surface area contributed by atoms with Crippen molar-refractivity contribution >= 4 is 11.8 Å². The van der Waals surface area contributed by atoms with Gasteiger partial charge in [0.25, 0.3) is 0 Å². The Morgan fingerprint density at radius 3 is 2.38 bits per heavy atom. The van der Waals surface area contributed by atoms with Gasteiger partial charge in [-0.3, -0.25) is 4.79 Å². The van der Waals surface area contributed by atoms with Crippen molar-refractivity contribution in [2.75, 3.05) is 6.61 Å². The fourth-order valence-corrected chi connectivity index (χ4v) is 2.16. The molecule has 1 aromatic carbocycles. The van der Waals surface area contributed by atoms with Crippen LogP contribution in [0.2, 0.25) is 0 Å². The second kappa shape index (κ2) is 5.90. The summed E-state index contributed by atoms with van der Waals surface area (Å²) in [5.74, 6) is -3.98. The van der Waals surface area contributed by atoms with Gasteiger partial charge in [-0.2, -0.15) is 0 Å². The van der Waals surface area contributed by atoms with Crippen LogP contribution in [0.15, 0.2) is 30.3 Å². The third kappa shape index (κ3) is 2.68. The molecule has 2 rings (SSSR count). The van der Waals surface area contributed by atoms with E-state index < -0.39 is 42.5 Å². The predicted octanol–water partition coefficient (Wildman–Crippen LogP) is -0.758. The van der Waals surface area contributed by atoms with Gasteiger partial charge in [0.1, 0.15) is 12.2 Å². The van der Waals surface area contributed by atoms with Gasteiger partial charge in [0.15, 0.2) is 6.10 Å². The zero-order valence-electron chi connectivity index (χ0n) is 11.3. The summed E-state index contributed by atoms with van der Waals surface area (Å²) < 4.78 is 10.2. The Balaban J connectivity index is 2.28. The third-order valence-electron chi connectivity index (χ3n) is 3.34. The highest BCUT2D eigenvalue weighted by molar-refractivity contribution is 5.93. The number of esters is 1. The number of aliphatic hydroxyl groups is 3. The maximum Gasteiger partial charge on any atom is 0.341 e. The summed E-state index contributed by atoms with van der Waals surface area (Å²) in [6, 6.07) is 7.85. The van der Waals surface area contributed by atoms with Crippen molar-refractivity contribution < 1.29 is 34.4 Å². The van der Waals surface area contributed by atoms with Crippen LogP contribution in [-0.2, 0) is 14.3 Å². The van der Waals surface area contributed by atoms with Crippen molar-refractivity contribution in [3.05, 3.63) is 35.9 Å². The lowest BCUT2D eigenvalue weighted by atomic mass is 10.0. The van der Waals surface area contributed by atoms with Crippen LogP contribution in [0, 0.1) is 0 Å². The molecule has 114 valence electrons. The normalized spacial score (nSPS) is 31.9. The summed E-state index contributed by atoms with van der Waals surface area (Å²) in [6.45, 7) is 0.435. The highest BCUT2D eigenvalue weighted by atomic mass is 16.7. The molecule has 0 radical (unpaired) electrons. The molecule has 1 unspecified atom stereocenters. The third-order valence-corrected chi connectivity index (χ3v) is 3.34. The van der Waals surface area contributed by atoms with E-state index in [0.717, 1.165) is 6.92 Å². The summed E-state index contributed by atoms with van der Waals surface area (Å²) in [7, 11) is 0. The maximum absolute atomic E-state index is 12.0. The molecule has 0 amide bonds. The summed E-state index contributed by atoms with van der Waals surface area (Å²) >= 11 is 0. The Kier molecular flexibility index (Phi) is 4.38. The van der Waals surface area contributed by atoms with Gasteiger partial charge in [0.05, 0.1) is 12.2 Å². The number of carbonyl (C=O) groups is 2. The Labute approximate surface area is 120 Å². The molecule has 1 aliphatic rings. The number of rotatable bonds is 4. The van der Waals surface area contributed by atoms with Gasteiger partial charge < -0.3 is 24.8 Å². The van der Waals surface area contributed by atoms with Crippen molar-refractivity contribution in [2.45, 2.75) is 31.0 Å². The monoisotopic (exact) mass is 296 g/mol. The smallest absolute Gasteiger partial charge is 0.341 e. The molecular weight excluding hydrogens is 280 g/mol. The van der Waals surface area contributed by atoms with E-state index in [2.05, 4.69) is 0 Å². The first kappa shape index (κ1) is 15.6. The van der Waals surface area contributed by atoms with E-state index in [-0.39, 0.29) is 5.56 Å². The Hall–Kier alpha value is -1.80. The second-order valence-electron chi connectivity index (χ2n) is 4.75. The molecule has 0 aliphatic carbocycles. The molecule has 1 heterocycles. The topological polar surface area (TPSA) is 113 Å². The fourth-order valence-electron chi connectivity index (χ4n) is 2.16. The first-order valence-corrected chi connectivity index (χ1v) is 6.36. The van der Waals surface area contributed by atoms with Crippen LogP contribution >= 0.6 is 0 Å². The van der Waals surface area contributed by atoms with Gasteiger partial charge in [0, 0.05) is 6.92 Å². The highest BCUT2D eigenvalue weighted by Crippen LogP contribution is 2.34. The van der Waals surface area contributed by atoms with Crippen LogP contribution in [-0.4, -0.2) is 57.8 Å². The van der Waals surface area contributed by atoms with Crippen LogP contribution in [0.4, 0.5) is 0 Å². The molecule has 4 atom stereocenters. The molecule has 0 saturated carbocycles. The number of benzene rings is 1. The highest BCUT2D eigenvalue weighted by Gasteiger charge is 2.60. The van der Waals surface area contributed by atoms with E-state index in [9.17, 15) is 19.8 Å². The van der Waals surface area contributed by atoms with E-state index in [1.165, 1.54) is 12.1 Å². The van der Waals surface area contributed by atoms with Crippen LogP contribution in [0.1, 0.15) is 17.3 Å². The average Bonchev–Trinajstić information content (AvgIpc) is 2.73. The van der Waals surface area contributed by atoms with Crippen molar-refractivity contribution in [1.29, 1.82) is 0 Å². The van der Waals surface area contributed by atoms with Gasteiger partial charge in [-0.1, -0.05) is 18.2 Å². The minimum Gasteiger partial charge on any atom is -0.419 e. The number of carbonyl (C=O) groups excluding carboxylic acids is 2. The van der Waals surface area contributed by atoms with Crippen molar-refractivity contribution in [3.63, 3.8) is 0 Å². The van der Waals surface area contributed by atoms with Crippen LogP contribution in [0.5, 0.6) is 0 Å². The van der Waals surface area contributed by atoms with Crippen molar-refractivity contribution in [2.24, 2.45) is 0 Å². The minimum atomic E-state index is -2.32. The number of Topliss-reactive ketones (excluding diaryl/α,β-unsaturated/α-hetero) is 1. The van der Waals surface area contributed by atoms with Gasteiger partial charge in [0.2, 0.25) is 5.78 Å². The second-order valence-corrected chi connectivity index (χ2v) is 4.75. The number of aliphatic hydroxyl groups excluding tert-OH is 3. The molecule has 1 fully saturated rings. The van der Waals surface area contributed by atoms with Gasteiger partial charge >= 0.3 is 11.8 Å². The lowest BCUT2D eigenvalue weighted by molar-refractivity contribution is -0.222.